The summed E-state index contributed by atoms with van der Waals surface area (Å²) < 4.78 is 0. The Balaban J connectivity index is 2.02. The van der Waals surface area contributed by atoms with Gasteiger partial charge in [0.2, 0.25) is 5.95 Å². The van der Waals surface area contributed by atoms with E-state index in [4.69, 9.17) is 0 Å². The maximum atomic E-state index is 4.48. The molecular formula is C16H22N4. The number of benzene rings is 1. The van der Waals surface area contributed by atoms with Crippen molar-refractivity contribution in [2.24, 2.45) is 0 Å². The first-order valence-electron chi connectivity index (χ1n) is 7.00. The number of nitrogens with zero attached hydrogens (tertiary/aromatic N) is 3. The van der Waals surface area contributed by atoms with Crippen molar-refractivity contribution in [1.82, 2.24) is 9.97 Å². The zero-order chi connectivity index (χ0) is 14.4. The summed E-state index contributed by atoms with van der Waals surface area (Å²) in [6, 6.07) is 12.5. The van der Waals surface area contributed by atoms with Gasteiger partial charge in [-0.2, -0.15) is 4.98 Å². The molecular weight excluding hydrogens is 248 g/mol. The molecule has 1 aromatic carbocycles. The zero-order valence-electron chi connectivity index (χ0n) is 12.4. The molecule has 1 atom stereocenters. The lowest BCUT2D eigenvalue weighted by Crippen LogP contribution is -2.16. The first-order chi connectivity index (χ1) is 9.70. The molecule has 0 aliphatic heterocycles. The van der Waals surface area contributed by atoms with Crippen molar-refractivity contribution in [2.75, 3.05) is 30.9 Å². The third-order valence-corrected chi connectivity index (χ3v) is 3.37. The lowest BCUT2D eigenvalue weighted by molar-refractivity contribution is 0.691. The topological polar surface area (TPSA) is 41.1 Å². The monoisotopic (exact) mass is 270 g/mol. The van der Waals surface area contributed by atoms with E-state index >= 15 is 0 Å². The van der Waals surface area contributed by atoms with Gasteiger partial charge in [-0.05, 0) is 18.1 Å². The fourth-order valence-electron chi connectivity index (χ4n) is 2.12. The standard InChI is InChI=1S/C16H22N4/c1-4-13(14-8-6-5-7-9-14)12-18-16-17-11-10-15(19-16)20(2)3/h5-11,13H,4,12H2,1-3H3,(H,17,18,19). The van der Waals surface area contributed by atoms with Gasteiger partial charge in [0.05, 0.1) is 0 Å². The normalized spacial score (nSPS) is 11.9. The van der Waals surface area contributed by atoms with Crippen molar-refractivity contribution >= 4 is 11.8 Å². The van der Waals surface area contributed by atoms with Crippen LogP contribution in [-0.4, -0.2) is 30.6 Å². The molecule has 1 heterocycles. The average Bonchev–Trinajstić information content (AvgIpc) is 2.49. The SMILES string of the molecule is CCC(CNc1nccc(N(C)C)n1)c1ccccc1. The largest absolute Gasteiger partial charge is 0.363 e. The van der Waals surface area contributed by atoms with Crippen molar-refractivity contribution in [2.45, 2.75) is 19.3 Å². The number of hydrogen-bond donors (Lipinski definition) is 1. The van der Waals surface area contributed by atoms with Crippen molar-refractivity contribution < 1.29 is 0 Å². The molecule has 0 spiro atoms. The van der Waals surface area contributed by atoms with Crippen LogP contribution in [0.3, 0.4) is 0 Å². The van der Waals surface area contributed by atoms with Crippen LogP contribution in [0, 0.1) is 0 Å². The summed E-state index contributed by atoms with van der Waals surface area (Å²) in [7, 11) is 3.95. The van der Waals surface area contributed by atoms with Crippen LogP contribution in [0.25, 0.3) is 0 Å². The van der Waals surface area contributed by atoms with Gasteiger partial charge in [-0.1, -0.05) is 37.3 Å². The molecule has 2 aromatic rings. The molecule has 0 aliphatic rings. The van der Waals surface area contributed by atoms with Crippen molar-refractivity contribution in [1.29, 1.82) is 0 Å². The minimum absolute atomic E-state index is 0.475. The predicted molar refractivity (Wildman–Crippen MR) is 84.3 cm³/mol. The first kappa shape index (κ1) is 14.3. The molecule has 0 bridgehead atoms. The molecule has 1 N–H and O–H groups in total. The van der Waals surface area contributed by atoms with E-state index in [-0.39, 0.29) is 0 Å². The van der Waals surface area contributed by atoms with Gasteiger partial charge >= 0.3 is 0 Å². The fourth-order valence-corrected chi connectivity index (χ4v) is 2.12. The van der Waals surface area contributed by atoms with Gasteiger partial charge in [-0.25, -0.2) is 4.98 Å². The highest BCUT2D eigenvalue weighted by molar-refractivity contribution is 5.41. The lowest BCUT2D eigenvalue weighted by atomic mass is 9.97. The van der Waals surface area contributed by atoms with E-state index < -0.39 is 0 Å². The Morgan fingerprint density at radius 2 is 1.90 bits per heavy atom. The molecule has 4 heteroatoms. The third kappa shape index (κ3) is 3.70. The highest BCUT2D eigenvalue weighted by atomic mass is 15.2. The summed E-state index contributed by atoms with van der Waals surface area (Å²) in [6.07, 6.45) is 2.87. The van der Waals surface area contributed by atoms with E-state index in [1.54, 1.807) is 6.20 Å². The van der Waals surface area contributed by atoms with E-state index in [1.807, 2.05) is 31.1 Å². The lowest BCUT2D eigenvalue weighted by Gasteiger charge is -2.17. The van der Waals surface area contributed by atoms with Crippen molar-refractivity contribution in [3.63, 3.8) is 0 Å². The Labute approximate surface area is 120 Å². The zero-order valence-corrected chi connectivity index (χ0v) is 12.4. The number of nitrogens with one attached hydrogen (secondary N) is 1. The Hall–Kier alpha value is -2.10. The molecule has 1 unspecified atom stereocenters. The smallest absolute Gasteiger partial charge is 0.224 e. The van der Waals surface area contributed by atoms with Crippen molar-refractivity contribution in [3.05, 3.63) is 48.2 Å². The number of rotatable bonds is 6. The Bertz CT molecular complexity index is 525. The highest BCUT2D eigenvalue weighted by Crippen LogP contribution is 2.19. The van der Waals surface area contributed by atoms with Gasteiger partial charge in [0.1, 0.15) is 5.82 Å². The van der Waals surface area contributed by atoms with Gasteiger partial charge in [-0.15, -0.1) is 0 Å². The molecule has 0 saturated carbocycles. The minimum Gasteiger partial charge on any atom is -0.363 e. The number of anilines is 2. The molecule has 0 amide bonds. The molecule has 106 valence electrons. The summed E-state index contributed by atoms with van der Waals surface area (Å²) in [5.74, 6) is 2.07. The maximum Gasteiger partial charge on any atom is 0.224 e. The molecule has 1 aromatic heterocycles. The van der Waals surface area contributed by atoms with Crippen LogP contribution in [0.4, 0.5) is 11.8 Å². The molecule has 0 fully saturated rings. The average molecular weight is 270 g/mol. The van der Waals surface area contributed by atoms with E-state index in [0.717, 1.165) is 18.8 Å². The summed E-state index contributed by atoms with van der Waals surface area (Å²) >= 11 is 0. The fraction of sp³-hybridized carbons (Fsp3) is 0.375. The summed E-state index contributed by atoms with van der Waals surface area (Å²) in [5.41, 5.74) is 1.35. The van der Waals surface area contributed by atoms with E-state index in [1.165, 1.54) is 5.56 Å². The second-order valence-corrected chi connectivity index (χ2v) is 5.03. The molecule has 2 rings (SSSR count). The number of hydrogen-bond acceptors (Lipinski definition) is 4. The maximum absolute atomic E-state index is 4.48. The van der Waals surface area contributed by atoms with Crippen LogP contribution >= 0.6 is 0 Å². The van der Waals surface area contributed by atoms with E-state index in [9.17, 15) is 0 Å². The Morgan fingerprint density at radius 3 is 2.55 bits per heavy atom. The predicted octanol–water partition coefficient (Wildman–Crippen LogP) is 3.15. The number of aromatic nitrogens is 2. The van der Waals surface area contributed by atoms with Crippen LogP contribution < -0.4 is 10.2 Å². The molecule has 0 aliphatic carbocycles. The molecule has 20 heavy (non-hydrogen) atoms. The Kier molecular flexibility index (Phi) is 4.93. The van der Waals surface area contributed by atoms with Crippen LogP contribution in [0.15, 0.2) is 42.6 Å². The third-order valence-electron chi connectivity index (χ3n) is 3.37. The highest BCUT2D eigenvalue weighted by Gasteiger charge is 2.09. The summed E-state index contributed by atoms with van der Waals surface area (Å²) in [5, 5.41) is 3.34. The summed E-state index contributed by atoms with van der Waals surface area (Å²) in [6.45, 7) is 3.05. The first-order valence-corrected chi connectivity index (χ1v) is 7.00. The van der Waals surface area contributed by atoms with Gasteiger partial charge in [0, 0.05) is 32.8 Å². The van der Waals surface area contributed by atoms with Gasteiger partial charge in [0.25, 0.3) is 0 Å². The van der Waals surface area contributed by atoms with Crippen LogP contribution in [0.2, 0.25) is 0 Å². The van der Waals surface area contributed by atoms with Crippen molar-refractivity contribution in [3.8, 4) is 0 Å². The minimum atomic E-state index is 0.475. The van der Waals surface area contributed by atoms with Gasteiger partial charge in [0.15, 0.2) is 0 Å². The van der Waals surface area contributed by atoms with Gasteiger partial charge in [-0.3, -0.25) is 0 Å². The second-order valence-electron chi connectivity index (χ2n) is 5.03. The summed E-state index contributed by atoms with van der Waals surface area (Å²) in [4.78, 5) is 10.7. The van der Waals surface area contributed by atoms with Gasteiger partial charge < -0.3 is 10.2 Å². The molecule has 0 saturated heterocycles. The van der Waals surface area contributed by atoms with Crippen LogP contribution in [0.5, 0.6) is 0 Å². The van der Waals surface area contributed by atoms with Crippen LogP contribution in [-0.2, 0) is 0 Å². The van der Waals surface area contributed by atoms with E-state index in [2.05, 4.69) is 46.5 Å². The second kappa shape index (κ2) is 6.89. The van der Waals surface area contributed by atoms with E-state index in [0.29, 0.717) is 11.9 Å². The van der Waals surface area contributed by atoms with Crippen LogP contribution in [0.1, 0.15) is 24.8 Å². The Morgan fingerprint density at radius 1 is 1.15 bits per heavy atom. The quantitative estimate of drug-likeness (QED) is 0.875. The molecule has 0 radical (unpaired) electrons. The molecule has 4 nitrogen and oxygen atoms in total.